The number of alkyl halides is 3. The normalized spacial score (nSPS) is 13.1. The lowest BCUT2D eigenvalue weighted by Crippen LogP contribution is -2.43. The standard InChI is InChI=1S/C24H20F5N3O3/c1-14(17-9-18(25)11-19(26)10-17)32(21(22(30)33)15-5-3-2-4-6-15)23(34)16-7-8-20(31-12-16)35-13-24(27,28)29/h2-12,14,21H,13H2,1H3,(H2,30,33)/t14-,21-/m1/s1. The Morgan fingerprint density at radius 2 is 1.63 bits per heavy atom. The molecule has 0 radical (unpaired) electrons. The Morgan fingerprint density at radius 3 is 2.14 bits per heavy atom. The topological polar surface area (TPSA) is 85.5 Å². The van der Waals surface area contributed by atoms with Crippen molar-refractivity contribution in [1.29, 1.82) is 0 Å². The van der Waals surface area contributed by atoms with Gasteiger partial charge in [0.05, 0.1) is 11.6 Å². The highest BCUT2D eigenvalue weighted by atomic mass is 19.4. The minimum atomic E-state index is -4.58. The Morgan fingerprint density at radius 1 is 1.00 bits per heavy atom. The number of carbonyl (C=O) groups excluding carboxylic acids is 2. The summed E-state index contributed by atoms with van der Waals surface area (Å²) in [5.41, 5.74) is 5.92. The molecule has 0 aliphatic rings. The van der Waals surface area contributed by atoms with Crippen molar-refractivity contribution in [2.75, 3.05) is 6.61 Å². The third-order valence-corrected chi connectivity index (χ3v) is 5.05. The van der Waals surface area contributed by atoms with Crippen LogP contribution in [0.15, 0.2) is 66.9 Å². The molecule has 0 spiro atoms. The van der Waals surface area contributed by atoms with Crippen LogP contribution in [0, 0.1) is 11.6 Å². The third-order valence-electron chi connectivity index (χ3n) is 5.05. The molecule has 3 aromatic rings. The molecule has 11 heteroatoms. The first-order valence-electron chi connectivity index (χ1n) is 10.2. The Kier molecular flexibility index (Phi) is 7.68. The number of carbonyl (C=O) groups is 2. The first-order valence-corrected chi connectivity index (χ1v) is 10.2. The quantitative estimate of drug-likeness (QED) is 0.460. The number of hydrogen-bond acceptors (Lipinski definition) is 4. The summed E-state index contributed by atoms with van der Waals surface area (Å²) in [4.78, 5) is 30.8. The molecule has 0 unspecified atom stereocenters. The van der Waals surface area contributed by atoms with E-state index in [1.807, 2.05) is 0 Å². The first-order chi connectivity index (χ1) is 16.5. The van der Waals surface area contributed by atoms with Crippen LogP contribution in [-0.4, -0.2) is 34.5 Å². The van der Waals surface area contributed by atoms with E-state index in [9.17, 15) is 31.5 Å². The second kappa shape index (κ2) is 10.5. The van der Waals surface area contributed by atoms with Gasteiger partial charge in [0.15, 0.2) is 6.61 Å². The van der Waals surface area contributed by atoms with E-state index in [2.05, 4.69) is 9.72 Å². The Labute approximate surface area is 197 Å². The molecule has 2 N–H and O–H groups in total. The maximum Gasteiger partial charge on any atom is 0.422 e. The molecule has 2 aromatic carbocycles. The zero-order chi connectivity index (χ0) is 25.8. The van der Waals surface area contributed by atoms with Gasteiger partial charge in [-0.15, -0.1) is 0 Å². The number of nitrogens with zero attached hydrogens (tertiary/aromatic N) is 2. The Balaban J connectivity index is 2.03. The highest BCUT2D eigenvalue weighted by Crippen LogP contribution is 2.33. The number of benzene rings is 2. The van der Waals surface area contributed by atoms with E-state index in [0.717, 1.165) is 35.4 Å². The van der Waals surface area contributed by atoms with Crippen LogP contribution in [0.4, 0.5) is 22.0 Å². The number of halogens is 5. The molecular formula is C24H20F5N3O3. The average molecular weight is 493 g/mol. The van der Waals surface area contributed by atoms with E-state index < -0.39 is 48.3 Å². The summed E-state index contributed by atoms with van der Waals surface area (Å²) in [5, 5.41) is 0. The molecule has 2 atom stereocenters. The van der Waals surface area contributed by atoms with Gasteiger partial charge in [-0.2, -0.15) is 13.2 Å². The van der Waals surface area contributed by atoms with Crippen molar-refractivity contribution in [1.82, 2.24) is 9.88 Å². The van der Waals surface area contributed by atoms with Crippen LogP contribution >= 0.6 is 0 Å². The molecule has 6 nitrogen and oxygen atoms in total. The van der Waals surface area contributed by atoms with Crippen LogP contribution < -0.4 is 10.5 Å². The molecule has 0 aliphatic heterocycles. The Bertz CT molecular complexity index is 1170. The van der Waals surface area contributed by atoms with Crippen molar-refractivity contribution >= 4 is 11.8 Å². The van der Waals surface area contributed by atoms with Crippen LogP contribution in [-0.2, 0) is 4.79 Å². The number of rotatable bonds is 8. The van der Waals surface area contributed by atoms with Gasteiger partial charge in [-0.05, 0) is 36.2 Å². The van der Waals surface area contributed by atoms with Crippen molar-refractivity contribution in [3.05, 3.63) is 95.2 Å². The third kappa shape index (κ3) is 6.52. The molecule has 0 fully saturated rings. The summed E-state index contributed by atoms with van der Waals surface area (Å²) in [6, 6.07) is 10.6. The second-order valence-electron chi connectivity index (χ2n) is 7.60. The minimum Gasteiger partial charge on any atom is -0.468 e. The summed E-state index contributed by atoms with van der Waals surface area (Å²) >= 11 is 0. The fourth-order valence-corrected chi connectivity index (χ4v) is 3.49. The summed E-state index contributed by atoms with van der Waals surface area (Å²) in [6.07, 6.45) is -3.60. The van der Waals surface area contributed by atoms with E-state index in [4.69, 9.17) is 5.73 Å². The van der Waals surface area contributed by atoms with Crippen LogP contribution in [0.2, 0.25) is 0 Å². The van der Waals surface area contributed by atoms with Crippen molar-refractivity contribution in [3.63, 3.8) is 0 Å². The molecular weight excluding hydrogens is 473 g/mol. The van der Waals surface area contributed by atoms with Crippen LogP contribution in [0.3, 0.4) is 0 Å². The number of aromatic nitrogens is 1. The number of primary amides is 1. The van der Waals surface area contributed by atoms with Crippen molar-refractivity contribution in [2.24, 2.45) is 5.73 Å². The number of pyridine rings is 1. The number of hydrogen-bond donors (Lipinski definition) is 1. The molecule has 0 aliphatic carbocycles. The summed E-state index contributed by atoms with van der Waals surface area (Å²) in [5.74, 6) is -3.86. The Hall–Kier alpha value is -4.02. The summed E-state index contributed by atoms with van der Waals surface area (Å²) in [7, 11) is 0. The van der Waals surface area contributed by atoms with Gasteiger partial charge in [-0.25, -0.2) is 13.8 Å². The minimum absolute atomic E-state index is 0.0520. The van der Waals surface area contributed by atoms with Gasteiger partial charge in [-0.1, -0.05) is 30.3 Å². The molecule has 184 valence electrons. The highest BCUT2D eigenvalue weighted by Gasteiger charge is 2.35. The number of nitrogens with two attached hydrogens (primary N) is 1. The molecule has 0 saturated heterocycles. The smallest absolute Gasteiger partial charge is 0.422 e. The molecule has 1 aromatic heterocycles. The summed E-state index contributed by atoms with van der Waals surface area (Å²) < 4.78 is 69.5. The van der Waals surface area contributed by atoms with Crippen LogP contribution in [0.1, 0.15) is 40.5 Å². The lowest BCUT2D eigenvalue weighted by atomic mass is 9.98. The fourth-order valence-electron chi connectivity index (χ4n) is 3.49. The average Bonchev–Trinajstić information content (AvgIpc) is 2.80. The largest absolute Gasteiger partial charge is 0.468 e. The van der Waals surface area contributed by atoms with Crippen molar-refractivity contribution < 1.29 is 36.3 Å². The number of amides is 2. The highest BCUT2D eigenvalue weighted by molar-refractivity contribution is 5.97. The predicted molar refractivity (Wildman–Crippen MR) is 115 cm³/mol. The van der Waals surface area contributed by atoms with E-state index in [1.54, 1.807) is 30.3 Å². The first kappa shape index (κ1) is 25.6. The number of ether oxygens (including phenoxy) is 1. The molecule has 2 amide bonds. The maximum atomic E-state index is 13.9. The van der Waals surface area contributed by atoms with Gasteiger partial charge < -0.3 is 15.4 Å². The van der Waals surface area contributed by atoms with Gasteiger partial charge in [0, 0.05) is 18.3 Å². The zero-order valence-corrected chi connectivity index (χ0v) is 18.3. The van der Waals surface area contributed by atoms with Crippen LogP contribution in [0.25, 0.3) is 0 Å². The lowest BCUT2D eigenvalue weighted by Gasteiger charge is -2.35. The van der Waals surface area contributed by atoms with Gasteiger partial charge >= 0.3 is 6.18 Å². The zero-order valence-electron chi connectivity index (χ0n) is 18.3. The molecule has 3 rings (SSSR count). The predicted octanol–water partition coefficient (Wildman–Crippen LogP) is 4.73. The van der Waals surface area contributed by atoms with Gasteiger partial charge in [0.2, 0.25) is 11.8 Å². The van der Waals surface area contributed by atoms with Gasteiger partial charge in [0.25, 0.3) is 5.91 Å². The van der Waals surface area contributed by atoms with E-state index in [0.29, 0.717) is 11.6 Å². The second-order valence-corrected chi connectivity index (χ2v) is 7.60. The molecule has 1 heterocycles. The fraction of sp³-hybridized carbons (Fsp3) is 0.208. The van der Waals surface area contributed by atoms with Gasteiger partial charge in [0.1, 0.15) is 17.7 Å². The molecule has 0 saturated carbocycles. The van der Waals surface area contributed by atoms with Crippen LogP contribution in [0.5, 0.6) is 5.88 Å². The van der Waals surface area contributed by atoms with Crippen molar-refractivity contribution in [2.45, 2.75) is 25.2 Å². The maximum absolute atomic E-state index is 13.9. The van der Waals surface area contributed by atoms with E-state index in [1.165, 1.54) is 6.92 Å². The monoisotopic (exact) mass is 493 g/mol. The summed E-state index contributed by atoms with van der Waals surface area (Å²) in [6.45, 7) is -0.113. The SMILES string of the molecule is C[C@H](c1cc(F)cc(F)c1)N(C(=O)c1ccc(OCC(F)(F)F)nc1)[C@@H](C(N)=O)c1ccccc1. The lowest BCUT2D eigenvalue weighted by molar-refractivity contribution is -0.154. The van der Waals surface area contributed by atoms with Gasteiger partial charge in [-0.3, -0.25) is 9.59 Å². The van der Waals surface area contributed by atoms with Crippen molar-refractivity contribution in [3.8, 4) is 5.88 Å². The molecule has 35 heavy (non-hydrogen) atoms. The molecule has 0 bridgehead atoms. The van der Waals surface area contributed by atoms with E-state index >= 15 is 0 Å². The van der Waals surface area contributed by atoms with E-state index in [-0.39, 0.29) is 17.0 Å².